The molecule has 1 amide bonds. The molecule has 0 saturated carbocycles. The van der Waals surface area contributed by atoms with Gasteiger partial charge in [-0.25, -0.2) is 0 Å². The molecule has 0 aliphatic rings. The molecule has 1 rings (SSSR count). The van der Waals surface area contributed by atoms with Gasteiger partial charge in [0.15, 0.2) is 0 Å². The third-order valence-corrected chi connectivity index (χ3v) is 3.17. The van der Waals surface area contributed by atoms with Gasteiger partial charge in [-0.1, -0.05) is 31.2 Å². The summed E-state index contributed by atoms with van der Waals surface area (Å²) in [6.45, 7) is 4.36. The topological polar surface area (TPSA) is 55.4 Å². The first-order valence-electron chi connectivity index (χ1n) is 6.50. The van der Waals surface area contributed by atoms with Crippen LogP contribution >= 0.6 is 0 Å². The highest BCUT2D eigenvalue weighted by Crippen LogP contribution is 2.08. The molecule has 1 N–H and O–H groups in total. The quantitative estimate of drug-likeness (QED) is 0.629. The number of carbonyl (C=O) groups excluding carboxylic acids is 2. The van der Waals surface area contributed by atoms with Crippen LogP contribution in [0.15, 0.2) is 24.3 Å². The zero-order chi connectivity index (χ0) is 14.3. The Labute approximate surface area is 114 Å². The van der Waals surface area contributed by atoms with Crippen LogP contribution in [0.5, 0.6) is 0 Å². The number of esters is 1. The van der Waals surface area contributed by atoms with Gasteiger partial charge in [-0.2, -0.15) is 0 Å². The van der Waals surface area contributed by atoms with E-state index in [-0.39, 0.29) is 5.91 Å². The number of ether oxygens (including phenoxy) is 1. The van der Waals surface area contributed by atoms with E-state index in [2.05, 4.69) is 10.1 Å². The molecule has 1 unspecified atom stereocenters. The van der Waals surface area contributed by atoms with Crippen LogP contribution in [0.25, 0.3) is 0 Å². The summed E-state index contributed by atoms with van der Waals surface area (Å²) in [6.07, 6.45) is 1.21. The lowest BCUT2D eigenvalue weighted by Crippen LogP contribution is -2.36. The number of aryl methyl sites for hydroxylation is 1. The van der Waals surface area contributed by atoms with Crippen molar-refractivity contribution in [1.29, 1.82) is 0 Å². The van der Waals surface area contributed by atoms with Gasteiger partial charge in [0.05, 0.1) is 7.11 Å². The summed E-state index contributed by atoms with van der Waals surface area (Å²) < 4.78 is 4.61. The van der Waals surface area contributed by atoms with E-state index in [1.165, 1.54) is 18.2 Å². The average molecular weight is 263 g/mol. The molecule has 1 aromatic rings. The van der Waals surface area contributed by atoms with Crippen LogP contribution in [0.2, 0.25) is 0 Å². The standard InChI is InChI=1S/C15H21NO3/c1-4-13(15(18)19-3)14(17)16-10-9-12-8-6-5-7-11(12)2/h5-8,13H,4,9-10H2,1-3H3,(H,16,17). The van der Waals surface area contributed by atoms with Gasteiger partial charge in [0, 0.05) is 6.54 Å². The van der Waals surface area contributed by atoms with E-state index in [9.17, 15) is 9.59 Å². The third-order valence-electron chi connectivity index (χ3n) is 3.17. The Morgan fingerprint density at radius 3 is 2.58 bits per heavy atom. The number of carbonyl (C=O) groups is 2. The first-order chi connectivity index (χ1) is 9.10. The molecule has 0 aliphatic heterocycles. The van der Waals surface area contributed by atoms with Gasteiger partial charge in [-0.15, -0.1) is 0 Å². The Balaban J connectivity index is 2.46. The van der Waals surface area contributed by atoms with Gasteiger partial charge in [0.25, 0.3) is 0 Å². The highest BCUT2D eigenvalue weighted by Gasteiger charge is 2.24. The molecular formula is C15H21NO3. The zero-order valence-corrected chi connectivity index (χ0v) is 11.7. The lowest BCUT2D eigenvalue weighted by Gasteiger charge is -2.13. The van der Waals surface area contributed by atoms with Crippen molar-refractivity contribution in [3.63, 3.8) is 0 Å². The molecule has 0 fully saturated rings. The van der Waals surface area contributed by atoms with E-state index < -0.39 is 11.9 Å². The summed E-state index contributed by atoms with van der Waals surface area (Å²) in [5.41, 5.74) is 2.41. The van der Waals surface area contributed by atoms with E-state index in [4.69, 9.17) is 0 Å². The van der Waals surface area contributed by atoms with Crippen molar-refractivity contribution in [3.8, 4) is 0 Å². The Bertz CT molecular complexity index is 443. The molecule has 0 heterocycles. The fourth-order valence-electron chi connectivity index (χ4n) is 1.94. The Kier molecular flexibility index (Phi) is 6.06. The SMILES string of the molecule is CCC(C(=O)NCCc1ccccc1C)C(=O)OC. The number of hydrogen-bond donors (Lipinski definition) is 1. The molecule has 0 aromatic heterocycles. The van der Waals surface area contributed by atoms with Crippen molar-refractivity contribution in [2.24, 2.45) is 5.92 Å². The number of methoxy groups -OCH3 is 1. The molecule has 19 heavy (non-hydrogen) atoms. The second kappa shape index (κ2) is 7.56. The molecule has 104 valence electrons. The predicted octanol–water partition coefficient (Wildman–Crippen LogP) is 1.85. The zero-order valence-electron chi connectivity index (χ0n) is 11.7. The fourth-order valence-corrected chi connectivity index (χ4v) is 1.94. The Morgan fingerprint density at radius 1 is 1.32 bits per heavy atom. The molecule has 4 heteroatoms. The van der Waals surface area contributed by atoms with Crippen LogP contribution in [-0.4, -0.2) is 25.5 Å². The van der Waals surface area contributed by atoms with Gasteiger partial charge in [0.2, 0.25) is 5.91 Å². The van der Waals surface area contributed by atoms with Crippen molar-refractivity contribution in [3.05, 3.63) is 35.4 Å². The largest absolute Gasteiger partial charge is 0.468 e. The molecule has 0 bridgehead atoms. The maximum Gasteiger partial charge on any atom is 0.318 e. The van der Waals surface area contributed by atoms with Crippen molar-refractivity contribution in [1.82, 2.24) is 5.32 Å². The van der Waals surface area contributed by atoms with Gasteiger partial charge < -0.3 is 10.1 Å². The smallest absolute Gasteiger partial charge is 0.318 e. The normalized spacial score (nSPS) is 11.7. The van der Waals surface area contributed by atoms with E-state index in [0.29, 0.717) is 13.0 Å². The minimum absolute atomic E-state index is 0.261. The van der Waals surface area contributed by atoms with Crippen molar-refractivity contribution < 1.29 is 14.3 Å². The monoisotopic (exact) mass is 263 g/mol. The molecule has 1 aromatic carbocycles. The lowest BCUT2D eigenvalue weighted by atomic mass is 10.0. The van der Waals surface area contributed by atoms with Gasteiger partial charge in [0.1, 0.15) is 5.92 Å². The van der Waals surface area contributed by atoms with Gasteiger partial charge >= 0.3 is 5.97 Å². The minimum atomic E-state index is -0.707. The molecular weight excluding hydrogens is 242 g/mol. The van der Waals surface area contributed by atoms with Crippen molar-refractivity contribution in [2.75, 3.05) is 13.7 Å². The van der Waals surface area contributed by atoms with E-state index in [1.54, 1.807) is 6.92 Å². The Hall–Kier alpha value is -1.84. The van der Waals surface area contributed by atoms with Crippen LogP contribution < -0.4 is 5.32 Å². The van der Waals surface area contributed by atoms with Gasteiger partial charge in [-0.3, -0.25) is 9.59 Å². The molecule has 0 spiro atoms. The summed E-state index contributed by atoms with van der Waals surface area (Å²) in [6, 6.07) is 8.05. The van der Waals surface area contributed by atoms with Crippen LogP contribution in [0.1, 0.15) is 24.5 Å². The summed E-state index contributed by atoms with van der Waals surface area (Å²) >= 11 is 0. The fraction of sp³-hybridized carbons (Fsp3) is 0.467. The molecule has 1 atom stereocenters. The van der Waals surface area contributed by atoms with E-state index in [0.717, 1.165) is 6.42 Å². The summed E-state index contributed by atoms with van der Waals surface area (Å²) in [4.78, 5) is 23.2. The molecule has 0 saturated heterocycles. The van der Waals surface area contributed by atoms with Crippen LogP contribution in [0.3, 0.4) is 0 Å². The van der Waals surface area contributed by atoms with Crippen molar-refractivity contribution >= 4 is 11.9 Å². The first-order valence-corrected chi connectivity index (χ1v) is 6.50. The second-order valence-electron chi connectivity index (χ2n) is 4.45. The second-order valence-corrected chi connectivity index (χ2v) is 4.45. The maximum absolute atomic E-state index is 11.8. The average Bonchev–Trinajstić information content (AvgIpc) is 2.41. The molecule has 4 nitrogen and oxygen atoms in total. The van der Waals surface area contributed by atoms with Gasteiger partial charge in [-0.05, 0) is 30.9 Å². The first kappa shape index (κ1) is 15.2. The van der Waals surface area contributed by atoms with Crippen LogP contribution in [-0.2, 0) is 20.7 Å². The number of nitrogens with one attached hydrogen (secondary N) is 1. The van der Waals surface area contributed by atoms with E-state index in [1.807, 2.05) is 31.2 Å². The van der Waals surface area contributed by atoms with Crippen LogP contribution in [0.4, 0.5) is 0 Å². The molecule has 0 radical (unpaired) electrons. The van der Waals surface area contributed by atoms with Crippen molar-refractivity contribution in [2.45, 2.75) is 26.7 Å². The number of benzene rings is 1. The summed E-state index contributed by atoms with van der Waals surface area (Å²) in [7, 11) is 1.30. The summed E-state index contributed by atoms with van der Waals surface area (Å²) in [5.74, 6) is -1.44. The molecule has 0 aliphatic carbocycles. The predicted molar refractivity (Wildman–Crippen MR) is 73.7 cm³/mol. The number of rotatable bonds is 6. The highest BCUT2D eigenvalue weighted by atomic mass is 16.5. The summed E-state index contributed by atoms with van der Waals surface area (Å²) in [5, 5.41) is 2.78. The van der Waals surface area contributed by atoms with E-state index >= 15 is 0 Å². The number of amides is 1. The number of hydrogen-bond acceptors (Lipinski definition) is 3. The maximum atomic E-state index is 11.8. The van der Waals surface area contributed by atoms with Crippen LogP contribution in [0, 0.1) is 12.8 Å². The lowest BCUT2D eigenvalue weighted by molar-refractivity contribution is -0.150. The third kappa shape index (κ3) is 4.39. The highest BCUT2D eigenvalue weighted by molar-refractivity contribution is 5.97. The Morgan fingerprint density at radius 2 is 2.00 bits per heavy atom. The minimum Gasteiger partial charge on any atom is -0.468 e.